The summed E-state index contributed by atoms with van der Waals surface area (Å²) in [5, 5.41) is 10.5. The third kappa shape index (κ3) is 4.45. The van der Waals surface area contributed by atoms with Crippen LogP contribution in [-0.4, -0.2) is 17.1 Å². The number of benzene rings is 1. The van der Waals surface area contributed by atoms with Gasteiger partial charge in [0.15, 0.2) is 0 Å². The number of ether oxygens (including phenoxy) is 1. The zero-order valence-electron chi connectivity index (χ0n) is 21.8. The van der Waals surface area contributed by atoms with Crippen molar-refractivity contribution in [3.05, 3.63) is 101 Å². The topological polar surface area (TPSA) is 58.8 Å². The van der Waals surface area contributed by atoms with Crippen molar-refractivity contribution in [2.24, 2.45) is 0 Å². The van der Waals surface area contributed by atoms with Crippen LogP contribution in [0.5, 0.6) is 5.75 Å². The predicted molar refractivity (Wildman–Crippen MR) is 150 cm³/mol. The minimum atomic E-state index is 0.410. The largest absolute Gasteiger partial charge is 0.497 e. The first-order valence-corrected chi connectivity index (χ1v) is 12.5. The van der Waals surface area contributed by atoms with Crippen molar-refractivity contribution < 1.29 is 4.74 Å². The Labute approximate surface area is 218 Å². The summed E-state index contributed by atoms with van der Waals surface area (Å²) in [5.41, 5.74) is 11.3. The van der Waals surface area contributed by atoms with Crippen molar-refractivity contribution in [1.29, 1.82) is 5.26 Å². The molecule has 0 spiro atoms. The number of hydrogen-bond donors (Lipinski definition) is 0. The van der Waals surface area contributed by atoms with Gasteiger partial charge < -0.3 is 4.74 Å². The van der Waals surface area contributed by atoms with Crippen LogP contribution in [-0.2, 0) is 0 Å². The first-order chi connectivity index (χ1) is 17.9. The van der Waals surface area contributed by atoms with Gasteiger partial charge in [0.25, 0.3) is 0 Å². The van der Waals surface area contributed by atoms with E-state index in [0.717, 1.165) is 45.0 Å². The molecular weight excluding hydrogens is 454 g/mol. The number of aryl methyl sites for hydroxylation is 2. The Hall–Kier alpha value is -4.49. The maximum atomic E-state index is 10.5. The smallest absolute Gasteiger partial charge is 0.119 e. The quantitative estimate of drug-likeness (QED) is 0.253. The Kier molecular flexibility index (Phi) is 6.46. The highest BCUT2D eigenvalue weighted by atomic mass is 16.5. The van der Waals surface area contributed by atoms with Crippen LogP contribution in [0.1, 0.15) is 42.0 Å². The molecule has 2 aliphatic carbocycles. The van der Waals surface area contributed by atoms with Crippen LogP contribution in [0.25, 0.3) is 44.9 Å². The Morgan fingerprint density at radius 2 is 1.65 bits per heavy atom. The summed E-state index contributed by atoms with van der Waals surface area (Å²) in [4.78, 5) is 9.64. The predicted octanol–water partition coefficient (Wildman–Crippen LogP) is 8.20. The van der Waals surface area contributed by atoms with Crippen molar-refractivity contribution in [1.82, 2.24) is 9.97 Å². The molecule has 182 valence electrons. The van der Waals surface area contributed by atoms with Crippen molar-refractivity contribution in [3.8, 4) is 56.7 Å². The van der Waals surface area contributed by atoms with Gasteiger partial charge in [-0.3, -0.25) is 4.98 Å². The molecule has 0 saturated heterocycles. The van der Waals surface area contributed by atoms with Gasteiger partial charge in [-0.1, -0.05) is 50.2 Å². The molecule has 0 aliphatic heterocycles. The molecule has 0 unspecified atom stereocenters. The molecule has 2 aromatic heterocycles. The number of rotatable bonds is 5. The summed E-state index contributed by atoms with van der Waals surface area (Å²) in [5.74, 6) is 1.14. The van der Waals surface area contributed by atoms with Crippen LogP contribution in [0.4, 0.5) is 0 Å². The second-order valence-corrected chi connectivity index (χ2v) is 9.68. The molecular formula is C33H29N3O. The molecule has 2 aliphatic rings. The lowest BCUT2D eigenvalue weighted by atomic mass is 9.93. The number of hydrogen-bond acceptors (Lipinski definition) is 4. The van der Waals surface area contributed by atoms with Gasteiger partial charge in [-0.25, -0.2) is 4.98 Å². The van der Waals surface area contributed by atoms with E-state index in [4.69, 9.17) is 9.72 Å². The number of methoxy groups -OCH3 is 1. The van der Waals surface area contributed by atoms with Crippen molar-refractivity contribution in [3.63, 3.8) is 0 Å². The van der Waals surface area contributed by atoms with Crippen molar-refractivity contribution in [2.75, 3.05) is 7.11 Å². The fourth-order valence-electron chi connectivity index (χ4n) is 4.90. The second kappa shape index (κ2) is 9.87. The SMILES string of the molecule is COc1cccc(-c2cc(-c3ccccn3)nc(-c3cc(C)c4cc(C(C)C)ccc(C)c3-4)c2C#N)c1. The summed E-state index contributed by atoms with van der Waals surface area (Å²) in [6.07, 6.45) is 1.76. The van der Waals surface area contributed by atoms with Gasteiger partial charge in [-0.15, -0.1) is 0 Å². The highest BCUT2D eigenvalue weighted by Gasteiger charge is 2.24. The third-order valence-electron chi connectivity index (χ3n) is 6.92. The number of aromatic nitrogens is 2. The van der Waals surface area contributed by atoms with E-state index in [2.05, 4.69) is 63.0 Å². The first kappa shape index (κ1) is 24.2. The van der Waals surface area contributed by atoms with Gasteiger partial charge in [0.1, 0.15) is 11.8 Å². The monoisotopic (exact) mass is 483 g/mol. The lowest BCUT2D eigenvalue weighted by Crippen LogP contribution is -1.98. The van der Waals surface area contributed by atoms with E-state index >= 15 is 0 Å². The van der Waals surface area contributed by atoms with Gasteiger partial charge in [0.2, 0.25) is 0 Å². The normalized spacial score (nSPS) is 11.1. The molecule has 0 bridgehead atoms. The van der Waals surface area contributed by atoms with E-state index in [-0.39, 0.29) is 0 Å². The second-order valence-electron chi connectivity index (χ2n) is 9.68. The van der Waals surface area contributed by atoms with E-state index < -0.39 is 0 Å². The summed E-state index contributed by atoms with van der Waals surface area (Å²) < 4.78 is 5.49. The van der Waals surface area contributed by atoms with E-state index in [9.17, 15) is 5.26 Å². The van der Waals surface area contributed by atoms with Crippen LogP contribution in [0, 0.1) is 25.2 Å². The minimum absolute atomic E-state index is 0.410. The molecule has 0 atom stereocenters. The zero-order valence-corrected chi connectivity index (χ0v) is 21.8. The number of fused-ring (bicyclic) bond motifs is 1. The molecule has 4 nitrogen and oxygen atoms in total. The highest BCUT2D eigenvalue weighted by molar-refractivity contribution is 5.94. The zero-order chi connectivity index (χ0) is 26.1. The van der Waals surface area contributed by atoms with Gasteiger partial charge in [-0.2, -0.15) is 5.26 Å². The van der Waals surface area contributed by atoms with Crippen LogP contribution in [0.3, 0.4) is 0 Å². The number of pyridine rings is 2. The average molecular weight is 484 g/mol. The lowest BCUT2D eigenvalue weighted by molar-refractivity contribution is 0.415. The Balaban J connectivity index is 1.85. The maximum absolute atomic E-state index is 10.5. The minimum Gasteiger partial charge on any atom is -0.497 e. The van der Waals surface area contributed by atoms with Gasteiger partial charge >= 0.3 is 0 Å². The summed E-state index contributed by atoms with van der Waals surface area (Å²) in [6, 6.07) is 26.9. The molecule has 4 heteroatoms. The number of nitriles is 1. The van der Waals surface area contributed by atoms with E-state index in [1.807, 2.05) is 48.5 Å². The van der Waals surface area contributed by atoms with Gasteiger partial charge in [0.05, 0.1) is 29.8 Å². The Bertz CT molecular complexity index is 1610. The lowest BCUT2D eigenvalue weighted by Gasteiger charge is -2.14. The molecule has 0 radical (unpaired) electrons. The molecule has 0 fully saturated rings. The summed E-state index contributed by atoms with van der Waals surface area (Å²) in [7, 11) is 1.65. The molecule has 1 aromatic carbocycles. The van der Waals surface area contributed by atoms with E-state index in [0.29, 0.717) is 17.2 Å². The summed E-state index contributed by atoms with van der Waals surface area (Å²) in [6.45, 7) is 8.68. The molecule has 3 aromatic rings. The standard InChI is InChI=1S/C33H29N3O/c1-20(2)23-13-12-21(3)32-26(17-23)22(4)15-28(32)33-29(19-34)27(24-9-8-10-25(16-24)37-5)18-31(36-33)30-11-6-7-14-35-30/h6-18,20H,1-5H3. The third-order valence-corrected chi connectivity index (χ3v) is 6.92. The van der Waals surface area contributed by atoms with Gasteiger partial charge in [-0.05, 0) is 89.5 Å². The maximum Gasteiger partial charge on any atom is 0.119 e. The average Bonchev–Trinajstić information content (AvgIpc) is 3.14. The molecule has 0 N–H and O–H groups in total. The fourth-order valence-corrected chi connectivity index (χ4v) is 4.90. The van der Waals surface area contributed by atoms with Crippen molar-refractivity contribution >= 4 is 0 Å². The van der Waals surface area contributed by atoms with Crippen LogP contribution < -0.4 is 4.74 Å². The molecule has 37 heavy (non-hydrogen) atoms. The molecule has 5 rings (SSSR count). The van der Waals surface area contributed by atoms with Crippen molar-refractivity contribution in [2.45, 2.75) is 33.6 Å². The molecule has 2 heterocycles. The molecule has 0 saturated carbocycles. The van der Waals surface area contributed by atoms with Crippen LogP contribution in [0.2, 0.25) is 0 Å². The molecule has 0 amide bonds. The van der Waals surface area contributed by atoms with Crippen LogP contribution in [0.15, 0.2) is 79.0 Å². The van der Waals surface area contributed by atoms with Gasteiger partial charge in [0, 0.05) is 17.3 Å². The fraction of sp³-hybridized carbons (Fsp3) is 0.182. The summed E-state index contributed by atoms with van der Waals surface area (Å²) >= 11 is 0. The highest BCUT2D eigenvalue weighted by Crippen LogP contribution is 2.44. The van der Waals surface area contributed by atoms with E-state index in [1.165, 1.54) is 16.7 Å². The Morgan fingerprint density at radius 3 is 2.35 bits per heavy atom. The Morgan fingerprint density at radius 1 is 0.811 bits per heavy atom. The first-order valence-electron chi connectivity index (χ1n) is 12.5. The van der Waals surface area contributed by atoms with Crippen LogP contribution >= 0.6 is 0 Å². The number of nitrogens with zero attached hydrogens (tertiary/aromatic N) is 3. The van der Waals surface area contributed by atoms with E-state index in [1.54, 1.807) is 13.3 Å².